The third-order valence-corrected chi connectivity index (χ3v) is 3.27. The number of rotatable bonds is 2. The van der Waals surface area contributed by atoms with Gasteiger partial charge in [-0.1, -0.05) is 13.8 Å². The molecule has 2 rings (SSSR count). The second kappa shape index (κ2) is 3.61. The summed E-state index contributed by atoms with van der Waals surface area (Å²) >= 11 is 3.32. The lowest BCUT2D eigenvalue weighted by atomic mass is 10.0. The van der Waals surface area contributed by atoms with Gasteiger partial charge >= 0.3 is 0 Å². The van der Waals surface area contributed by atoms with Crippen molar-refractivity contribution in [1.29, 1.82) is 0 Å². The first-order valence-corrected chi connectivity index (χ1v) is 5.74. The molecule has 0 saturated heterocycles. The van der Waals surface area contributed by atoms with Crippen molar-refractivity contribution in [3.8, 4) is 0 Å². The summed E-state index contributed by atoms with van der Waals surface area (Å²) in [4.78, 5) is 4.20. The normalized spacial score (nSPS) is 16.4. The van der Waals surface area contributed by atoms with Gasteiger partial charge in [0, 0.05) is 17.3 Å². The molecule has 0 N–H and O–H groups in total. The fourth-order valence-corrected chi connectivity index (χ4v) is 2.22. The Hall–Kier alpha value is -0.440. The molecule has 0 atom stereocenters. The summed E-state index contributed by atoms with van der Waals surface area (Å²) in [6, 6.07) is 0. The maximum absolute atomic E-state index is 14.0. The number of halogens is 2. The molecule has 1 fully saturated rings. The summed E-state index contributed by atoms with van der Waals surface area (Å²) in [6.45, 7) is 3.98. The maximum atomic E-state index is 14.0. The fraction of sp³-hybridized carbons (Fsp3) is 0.545. The molecule has 0 bridgehead atoms. The summed E-state index contributed by atoms with van der Waals surface area (Å²) in [5, 5.41) is 0. The van der Waals surface area contributed by atoms with Crippen LogP contribution in [0.2, 0.25) is 0 Å². The molecule has 3 heteroatoms. The number of nitrogens with zero attached hydrogens (tertiary/aromatic N) is 1. The predicted molar refractivity (Wildman–Crippen MR) is 58.0 cm³/mol. The van der Waals surface area contributed by atoms with Crippen LogP contribution in [0.4, 0.5) is 4.39 Å². The van der Waals surface area contributed by atoms with E-state index in [4.69, 9.17) is 0 Å². The number of hydrogen-bond donors (Lipinski definition) is 0. The molecule has 14 heavy (non-hydrogen) atoms. The molecule has 1 aromatic heterocycles. The fourth-order valence-electron chi connectivity index (χ4n) is 1.62. The first kappa shape index (κ1) is 10.1. The van der Waals surface area contributed by atoms with E-state index in [1.54, 1.807) is 6.20 Å². The zero-order chi connectivity index (χ0) is 10.3. The smallest absolute Gasteiger partial charge is 0.134 e. The Balaban J connectivity index is 2.50. The van der Waals surface area contributed by atoms with Gasteiger partial charge < -0.3 is 0 Å². The second-order valence-electron chi connectivity index (χ2n) is 4.16. The maximum Gasteiger partial charge on any atom is 0.134 e. The lowest BCUT2D eigenvalue weighted by Crippen LogP contribution is -2.01. The molecule has 0 amide bonds. The quantitative estimate of drug-likeness (QED) is 0.731. The standard InChI is InChI=1S/C11H13BrFN/c1-6(2)8-5-14-11(12)9(10(8)13)7-3-4-7/h5-7H,3-4H2,1-2H3. The van der Waals surface area contributed by atoms with Gasteiger partial charge in [0.1, 0.15) is 10.4 Å². The van der Waals surface area contributed by atoms with Crippen LogP contribution in [0.25, 0.3) is 0 Å². The molecule has 1 aromatic rings. The molecule has 1 heterocycles. The number of aromatic nitrogens is 1. The molecule has 0 radical (unpaired) electrons. The minimum atomic E-state index is -0.0515. The molecule has 0 aliphatic heterocycles. The van der Waals surface area contributed by atoms with E-state index in [1.807, 2.05) is 13.8 Å². The molecule has 76 valence electrons. The highest BCUT2D eigenvalue weighted by Crippen LogP contribution is 2.45. The van der Waals surface area contributed by atoms with Gasteiger partial charge in [-0.2, -0.15) is 0 Å². The molecule has 1 aliphatic carbocycles. The first-order valence-electron chi connectivity index (χ1n) is 4.95. The molecular formula is C11H13BrFN. The largest absolute Gasteiger partial charge is 0.249 e. The van der Waals surface area contributed by atoms with Crippen molar-refractivity contribution in [1.82, 2.24) is 4.98 Å². The Bertz CT molecular complexity index is 359. The van der Waals surface area contributed by atoms with Gasteiger partial charge in [-0.3, -0.25) is 0 Å². The van der Waals surface area contributed by atoms with Crippen molar-refractivity contribution in [2.24, 2.45) is 0 Å². The van der Waals surface area contributed by atoms with Gasteiger partial charge in [-0.25, -0.2) is 9.37 Å². The monoisotopic (exact) mass is 257 g/mol. The zero-order valence-electron chi connectivity index (χ0n) is 8.35. The lowest BCUT2D eigenvalue weighted by Gasteiger charge is -2.11. The Morgan fingerprint density at radius 1 is 1.50 bits per heavy atom. The third-order valence-electron chi connectivity index (χ3n) is 2.64. The van der Waals surface area contributed by atoms with E-state index < -0.39 is 0 Å². The van der Waals surface area contributed by atoms with Crippen molar-refractivity contribution < 1.29 is 4.39 Å². The van der Waals surface area contributed by atoms with E-state index in [-0.39, 0.29) is 11.7 Å². The molecule has 1 nitrogen and oxygen atoms in total. The Morgan fingerprint density at radius 3 is 2.64 bits per heavy atom. The van der Waals surface area contributed by atoms with Crippen LogP contribution in [-0.4, -0.2) is 4.98 Å². The molecule has 1 aliphatic rings. The SMILES string of the molecule is CC(C)c1cnc(Br)c(C2CC2)c1F. The molecule has 0 unspecified atom stereocenters. The first-order chi connectivity index (χ1) is 6.61. The van der Waals surface area contributed by atoms with Crippen LogP contribution in [0.3, 0.4) is 0 Å². The molecule has 0 aromatic carbocycles. The van der Waals surface area contributed by atoms with Crippen LogP contribution < -0.4 is 0 Å². The van der Waals surface area contributed by atoms with E-state index in [9.17, 15) is 4.39 Å². The summed E-state index contributed by atoms with van der Waals surface area (Å²) < 4.78 is 14.7. The highest BCUT2D eigenvalue weighted by Gasteiger charge is 2.30. The third kappa shape index (κ3) is 1.70. The van der Waals surface area contributed by atoms with Gasteiger partial charge in [-0.05, 0) is 40.6 Å². The summed E-state index contributed by atoms with van der Waals surface area (Å²) in [5.74, 6) is 0.549. The predicted octanol–water partition coefficient (Wildman–Crippen LogP) is 3.98. The van der Waals surface area contributed by atoms with E-state index in [1.165, 1.54) is 0 Å². The van der Waals surface area contributed by atoms with Gasteiger partial charge in [0.05, 0.1) is 0 Å². The van der Waals surface area contributed by atoms with Crippen molar-refractivity contribution in [3.05, 3.63) is 27.7 Å². The van der Waals surface area contributed by atoms with Crippen LogP contribution in [-0.2, 0) is 0 Å². The lowest BCUT2D eigenvalue weighted by molar-refractivity contribution is 0.577. The van der Waals surface area contributed by atoms with Crippen LogP contribution in [0.5, 0.6) is 0 Å². The Morgan fingerprint density at radius 2 is 2.14 bits per heavy atom. The van der Waals surface area contributed by atoms with Gasteiger partial charge in [0.25, 0.3) is 0 Å². The Labute approximate surface area is 91.9 Å². The highest BCUT2D eigenvalue weighted by molar-refractivity contribution is 9.10. The average molecular weight is 258 g/mol. The van der Waals surface area contributed by atoms with Crippen molar-refractivity contribution in [2.75, 3.05) is 0 Å². The minimum Gasteiger partial charge on any atom is -0.249 e. The van der Waals surface area contributed by atoms with Gasteiger partial charge in [-0.15, -0.1) is 0 Å². The summed E-state index contributed by atoms with van der Waals surface area (Å²) in [7, 11) is 0. The minimum absolute atomic E-state index is 0.0515. The van der Waals surface area contributed by atoms with Crippen LogP contribution >= 0.6 is 15.9 Å². The highest BCUT2D eigenvalue weighted by atomic mass is 79.9. The van der Waals surface area contributed by atoms with Crippen molar-refractivity contribution in [2.45, 2.75) is 38.5 Å². The average Bonchev–Trinajstić information content (AvgIpc) is 2.87. The molecule has 1 saturated carbocycles. The number of hydrogen-bond acceptors (Lipinski definition) is 1. The van der Waals surface area contributed by atoms with E-state index >= 15 is 0 Å². The molecule has 0 spiro atoms. The van der Waals surface area contributed by atoms with E-state index in [0.717, 1.165) is 24.0 Å². The summed E-state index contributed by atoms with van der Waals surface area (Å²) in [5.41, 5.74) is 1.52. The van der Waals surface area contributed by atoms with Gasteiger partial charge in [0.2, 0.25) is 0 Å². The zero-order valence-corrected chi connectivity index (χ0v) is 9.94. The number of pyridine rings is 1. The topological polar surface area (TPSA) is 12.9 Å². The van der Waals surface area contributed by atoms with Crippen molar-refractivity contribution >= 4 is 15.9 Å². The molecular weight excluding hydrogens is 245 g/mol. The summed E-state index contributed by atoms with van der Waals surface area (Å²) in [6.07, 6.45) is 3.83. The Kier molecular flexibility index (Phi) is 2.60. The van der Waals surface area contributed by atoms with Crippen LogP contribution in [0.15, 0.2) is 10.8 Å². The van der Waals surface area contributed by atoms with Crippen LogP contribution in [0, 0.1) is 5.82 Å². The van der Waals surface area contributed by atoms with Crippen LogP contribution in [0.1, 0.15) is 49.7 Å². The second-order valence-corrected chi connectivity index (χ2v) is 4.91. The van der Waals surface area contributed by atoms with E-state index in [0.29, 0.717) is 10.5 Å². The van der Waals surface area contributed by atoms with Gasteiger partial charge in [0.15, 0.2) is 0 Å². The van der Waals surface area contributed by atoms with E-state index in [2.05, 4.69) is 20.9 Å². The van der Waals surface area contributed by atoms with Crippen molar-refractivity contribution in [3.63, 3.8) is 0 Å².